The van der Waals surface area contributed by atoms with Crippen LogP contribution in [0.2, 0.25) is 0 Å². The Morgan fingerprint density at radius 2 is 1.89 bits per heavy atom. The summed E-state index contributed by atoms with van der Waals surface area (Å²) in [5, 5.41) is 0. The minimum atomic E-state index is -3.87. The van der Waals surface area contributed by atoms with Crippen LogP contribution in [0, 0.1) is 0 Å². The summed E-state index contributed by atoms with van der Waals surface area (Å²) in [7, 11) is 0.320. The second kappa shape index (κ2) is 6.55. The highest BCUT2D eigenvalue weighted by molar-refractivity contribution is 7.89. The van der Waals surface area contributed by atoms with Gasteiger partial charge in [0, 0.05) is 13.2 Å². The van der Waals surface area contributed by atoms with Gasteiger partial charge in [-0.2, -0.15) is 0 Å². The normalized spacial score (nSPS) is 11.3. The van der Waals surface area contributed by atoms with Gasteiger partial charge in [-0.1, -0.05) is 4.89 Å². The van der Waals surface area contributed by atoms with Crippen molar-refractivity contribution in [2.75, 3.05) is 28.1 Å². The number of hydrogen-bond acceptors (Lipinski definition) is 6. The van der Waals surface area contributed by atoms with E-state index >= 15 is 0 Å². The molecule has 0 aliphatic carbocycles. The van der Waals surface area contributed by atoms with Gasteiger partial charge in [0.05, 0.1) is 14.2 Å². The van der Waals surface area contributed by atoms with Crippen molar-refractivity contribution in [3.8, 4) is 11.5 Å². The van der Waals surface area contributed by atoms with Gasteiger partial charge in [0.1, 0.15) is 16.4 Å². The molecule has 0 spiro atoms. The summed E-state index contributed by atoms with van der Waals surface area (Å²) in [6.45, 7) is -0.203. The molecule has 1 aromatic rings. The summed E-state index contributed by atoms with van der Waals surface area (Å²) in [5.41, 5.74) is 0. The molecule has 0 radical (unpaired) electrons. The zero-order valence-electron chi connectivity index (χ0n) is 10.3. The topological polar surface area (TPSA) is 83.1 Å². The van der Waals surface area contributed by atoms with Crippen LogP contribution in [0.1, 0.15) is 0 Å². The molecule has 0 atom stereocenters. The van der Waals surface area contributed by atoms with E-state index in [1.165, 1.54) is 33.5 Å². The lowest BCUT2D eigenvalue weighted by molar-refractivity contribution is -0.0541. The van der Waals surface area contributed by atoms with Gasteiger partial charge < -0.3 is 14.2 Å². The number of sulfonamides is 1. The number of benzene rings is 1. The molecule has 1 aromatic carbocycles. The molecule has 0 aliphatic heterocycles. The molecule has 0 bridgehead atoms. The number of methoxy groups -OCH3 is 3. The molecule has 0 amide bonds. The van der Waals surface area contributed by atoms with E-state index in [0.717, 1.165) is 0 Å². The van der Waals surface area contributed by atoms with Crippen molar-refractivity contribution in [2.24, 2.45) is 0 Å². The molecule has 1 N–H and O–H groups in total. The third-order valence-electron chi connectivity index (χ3n) is 2.01. The van der Waals surface area contributed by atoms with Gasteiger partial charge in [-0.3, -0.25) is 4.84 Å². The molecular weight excluding hydrogens is 262 g/mol. The Morgan fingerprint density at radius 3 is 2.44 bits per heavy atom. The summed E-state index contributed by atoms with van der Waals surface area (Å²) in [6, 6.07) is 4.41. The molecule has 0 heterocycles. The molecule has 1 rings (SSSR count). The van der Waals surface area contributed by atoms with Crippen molar-refractivity contribution in [1.29, 1.82) is 0 Å². The van der Waals surface area contributed by atoms with Gasteiger partial charge in [0.25, 0.3) is 10.0 Å². The quantitative estimate of drug-likeness (QED) is 0.444. The standard InChI is InChI=1S/C10H15NO6S/c1-14-7-17-11-18(12,13)10-6-8(15-2)4-5-9(10)16-3/h4-6,11H,7H2,1-3H3. The Labute approximate surface area is 106 Å². The average molecular weight is 277 g/mol. The van der Waals surface area contributed by atoms with E-state index in [1.807, 2.05) is 4.89 Å². The lowest BCUT2D eigenvalue weighted by atomic mass is 10.3. The van der Waals surface area contributed by atoms with Crippen molar-refractivity contribution >= 4 is 10.0 Å². The first-order chi connectivity index (χ1) is 8.55. The summed E-state index contributed by atoms with van der Waals surface area (Å²) >= 11 is 0. The van der Waals surface area contributed by atoms with Crippen molar-refractivity contribution in [3.63, 3.8) is 0 Å². The lowest BCUT2D eigenvalue weighted by Crippen LogP contribution is -2.25. The first kappa shape index (κ1) is 14.7. The van der Waals surface area contributed by atoms with Crippen LogP contribution in [0.5, 0.6) is 11.5 Å². The summed E-state index contributed by atoms with van der Waals surface area (Å²) in [6.07, 6.45) is 0. The number of rotatable bonds is 7. The monoisotopic (exact) mass is 277 g/mol. The third kappa shape index (κ3) is 3.57. The van der Waals surface area contributed by atoms with Crippen molar-refractivity contribution in [2.45, 2.75) is 4.90 Å². The van der Waals surface area contributed by atoms with Gasteiger partial charge >= 0.3 is 0 Å². The second-order valence-electron chi connectivity index (χ2n) is 3.15. The Kier molecular flexibility index (Phi) is 5.35. The van der Waals surface area contributed by atoms with Crippen molar-refractivity contribution in [3.05, 3.63) is 18.2 Å². The van der Waals surface area contributed by atoms with E-state index < -0.39 is 10.0 Å². The van der Waals surface area contributed by atoms with Crippen LogP contribution in [-0.2, 0) is 19.6 Å². The van der Waals surface area contributed by atoms with Gasteiger partial charge in [-0.25, -0.2) is 8.42 Å². The SMILES string of the molecule is COCONS(=O)(=O)c1cc(OC)ccc1OC. The molecule has 8 heteroatoms. The van der Waals surface area contributed by atoms with Gasteiger partial charge in [-0.05, 0) is 12.1 Å². The Morgan fingerprint density at radius 1 is 1.17 bits per heavy atom. The van der Waals surface area contributed by atoms with Crippen molar-refractivity contribution in [1.82, 2.24) is 4.89 Å². The molecule has 102 valence electrons. The molecule has 0 unspecified atom stereocenters. The minimum absolute atomic E-state index is 0.0829. The average Bonchev–Trinajstić information content (AvgIpc) is 2.38. The maximum Gasteiger partial charge on any atom is 0.266 e. The van der Waals surface area contributed by atoms with Crippen LogP contribution >= 0.6 is 0 Å². The van der Waals surface area contributed by atoms with E-state index in [1.54, 1.807) is 6.07 Å². The molecule has 0 saturated heterocycles. The number of ether oxygens (including phenoxy) is 3. The number of hydrogen-bond donors (Lipinski definition) is 1. The van der Waals surface area contributed by atoms with E-state index in [9.17, 15) is 8.42 Å². The van der Waals surface area contributed by atoms with Crippen LogP contribution in [0.15, 0.2) is 23.1 Å². The molecule has 7 nitrogen and oxygen atoms in total. The zero-order chi connectivity index (χ0) is 13.6. The molecule has 0 saturated carbocycles. The zero-order valence-corrected chi connectivity index (χ0v) is 11.1. The van der Waals surface area contributed by atoms with E-state index in [4.69, 9.17) is 9.47 Å². The van der Waals surface area contributed by atoms with Crippen LogP contribution < -0.4 is 14.4 Å². The maximum absolute atomic E-state index is 11.9. The Balaban J connectivity index is 3.05. The fraction of sp³-hybridized carbons (Fsp3) is 0.400. The van der Waals surface area contributed by atoms with Gasteiger partial charge in [-0.15, -0.1) is 0 Å². The van der Waals surface area contributed by atoms with E-state index in [0.29, 0.717) is 5.75 Å². The van der Waals surface area contributed by atoms with E-state index in [-0.39, 0.29) is 17.4 Å². The maximum atomic E-state index is 11.9. The summed E-state index contributed by atoms with van der Waals surface area (Å²) in [4.78, 5) is 6.45. The number of nitrogens with one attached hydrogen (secondary N) is 1. The van der Waals surface area contributed by atoms with Crippen LogP contribution in [-0.4, -0.2) is 36.5 Å². The third-order valence-corrected chi connectivity index (χ3v) is 3.24. The Hall–Kier alpha value is -1.35. The minimum Gasteiger partial charge on any atom is -0.497 e. The fourth-order valence-electron chi connectivity index (χ4n) is 1.20. The smallest absolute Gasteiger partial charge is 0.266 e. The van der Waals surface area contributed by atoms with Crippen LogP contribution in [0.25, 0.3) is 0 Å². The molecule has 0 fully saturated rings. The van der Waals surface area contributed by atoms with Gasteiger partial charge in [0.15, 0.2) is 6.79 Å². The fourth-order valence-corrected chi connectivity index (χ4v) is 2.18. The van der Waals surface area contributed by atoms with Crippen LogP contribution in [0.3, 0.4) is 0 Å². The first-order valence-corrected chi connectivity index (χ1v) is 6.38. The predicted octanol–water partition coefficient (Wildman–Crippen LogP) is 0.518. The largest absolute Gasteiger partial charge is 0.497 e. The highest BCUT2D eigenvalue weighted by Gasteiger charge is 2.20. The van der Waals surface area contributed by atoms with Crippen LogP contribution in [0.4, 0.5) is 0 Å². The lowest BCUT2D eigenvalue weighted by Gasteiger charge is -2.11. The molecule has 18 heavy (non-hydrogen) atoms. The van der Waals surface area contributed by atoms with E-state index in [2.05, 4.69) is 9.57 Å². The highest BCUT2D eigenvalue weighted by atomic mass is 32.2. The molecule has 0 aliphatic rings. The summed E-state index contributed by atoms with van der Waals surface area (Å²) < 4.78 is 38.4. The Bertz CT molecular complexity index is 487. The predicted molar refractivity (Wildman–Crippen MR) is 62.8 cm³/mol. The molecular formula is C10H15NO6S. The van der Waals surface area contributed by atoms with Crippen molar-refractivity contribution < 1.29 is 27.5 Å². The molecule has 0 aromatic heterocycles. The first-order valence-electron chi connectivity index (χ1n) is 4.89. The van der Waals surface area contributed by atoms with Gasteiger partial charge in [0.2, 0.25) is 0 Å². The second-order valence-corrected chi connectivity index (χ2v) is 4.77. The summed E-state index contributed by atoms with van der Waals surface area (Å²) in [5.74, 6) is 0.576. The highest BCUT2D eigenvalue weighted by Crippen LogP contribution is 2.27.